The summed E-state index contributed by atoms with van der Waals surface area (Å²) in [4.78, 5) is 20.1. The van der Waals surface area contributed by atoms with Gasteiger partial charge in [-0.15, -0.1) is 0 Å². The lowest BCUT2D eigenvalue weighted by atomic mass is 9.99. The average molecular weight is 1910 g/mol. The van der Waals surface area contributed by atoms with Gasteiger partial charge in [0, 0.05) is 177 Å². The third-order valence-electron chi connectivity index (χ3n) is 30.3. The number of fused-ring (bicyclic) bond motifs is 32. The molecule has 700 valence electrons. The molecule has 0 saturated carbocycles. The van der Waals surface area contributed by atoms with Gasteiger partial charge in [-0.25, -0.2) is 19.9 Å². The van der Waals surface area contributed by atoms with Crippen molar-refractivity contribution >= 4 is 180 Å². The van der Waals surface area contributed by atoms with E-state index in [4.69, 9.17) is 19.9 Å². The van der Waals surface area contributed by atoms with Crippen molar-refractivity contribution in [3.05, 3.63) is 534 Å². The van der Waals surface area contributed by atoms with Crippen LogP contribution in [-0.4, -0.2) is 56.3 Å². The summed E-state index contributed by atoms with van der Waals surface area (Å²) in [7, 11) is 0. The zero-order chi connectivity index (χ0) is 98.5. The Hall–Kier alpha value is -20.3. The van der Waals surface area contributed by atoms with Gasteiger partial charge in [0.25, 0.3) is 0 Å². The van der Waals surface area contributed by atoms with Crippen LogP contribution in [0.1, 0.15) is 0 Å². The van der Waals surface area contributed by atoms with E-state index in [1.807, 2.05) is 48.7 Å². The summed E-state index contributed by atoms with van der Waals surface area (Å²) in [6, 6.07) is 186. The fraction of sp³-hybridized carbons (Fsp3) is 0. The molecule has 0 unspecified atom stereocenters. The molecule has 0 atom stereocenters. The number of para-hydroxylation sites is 12. The fourth-order valence-electron chi connectivity index (χ4n) is 24.0. The molecule has 0 saturated heterocycles. The zero-order valence-corrected chi connectivity index (χ0v) is 81.2. The van der Waals surface area contributed by atoms with E-state index in [-0.39, 0.29) is 0 Å². The molecule has 0 bridgehead atoms. The number of hydrogen-bond donors (Lipinski definition) is 0. The molecular formula is C138H88N12. The van der Waals surface area contributed by atoms with Crippen LogP contribution in [0.25, 0.3) is 276 Å². The van der Waals surface area contributed by atoms with Crippen LogP contribution in [0, 0.1) is 0 Å². The summed E-state index contributed by atoms with van der Waals surface area (Å²) in [5.74, 6) is 1.64. The van der Waals surface area contributed by atoms with Crippen LogP contribution in [0.2, 0.25) is 0 Å². The molecular weight excluding hydrogens is 1830 g/mol. The molecule has 12 nitrogen and oxygen atoms in total. The van der Waals surface area contributed by atoms with Gasteiger partial charge in [0.15, 0.2) is 5.82 Å². The lowest BCUT2D eigenvalue weighted by Crippen LogP contribution is -1.99. The van der Waals surface area contributed by atoms with Crippen molar-refractivity contribution in [1.82, 2.24) is 56.3 Å². The van der Waals surface area contributed by atoms with Crippen molar-refractivity contribution in [2.45, 2.75) is 0 Å². The van der Waals surface area contributed by atoms with Crippen LogP contribution in [0.3, 0.4) is 0 Å². The van der Waals surface area contributed by atoms with Gasteiger partial charge in [0.1, 0.15) is 11.5 Å². The first-order valence-corrected chi connectivity index (χ1v) is 51.1. The highest BCUT2D eigenvalue weighted by Crippen LogP contribution is 2.53. The van der Waals surface area contributed by atoms with Gasteiger partial charge < -0.3 is 31.8 Å². The van der Waals surface area contributed by atoms with Crippen molar-refractivity contribution in [3.63, 3.8) is 0 Å². The van der Waals surface area contributed by atoms with E-state index < -0.39 is 0 Å². The Morgan fingerprint density at radius 3 is 0.713 bits per heavy atom. The molecule has 0 fully saturated rings. The average Bonchev–Trinajstić information content (AvgIpc) is 1.53. The van der Waals surface area contributed by atoms with E-state index in [1.54, 1.807) is 0 Å². The highest BCUT2D eigenvalue weighted by molar-refractivity contribution is 6.41. The highest BCUT2D eigenvalue weighted by atomic mass is 15.1. The Labute approximate surface area is 860 Å². The van der Waals surface area contributed by atoms with Gasteiger partial charge in [-0.2, -0.15) is 0 Å². The van der Waals surface area contributed by atoms with E-state index in [9.17, 15) is 0 Å². The Kier molecular flexibility index (Phi) is 19.7. The zero-order valence-electron chi connectivity index (χ0n) is 81.2. The van der Waals surface area contributed by atoms with Gasteiger partial charge in [0.05, 0.1) is 94.3 Å². The first kappa shape index (κ1) is 85.3. The van der Waals surface area contributed by atoms with Crippen LogP contribution in [-0.2, 0) is 0 Å². The lowest BCUT2D eigenvalue weighted by Gasteiger charge is -2.14. The first-order chi connectivity index (χ1) is 74.5. The summed E-state index contributed by atoms with van der Waals surface area (Å²) in [6.07, 6.45) is 4.14. The van der Waals surface area contributed by atoms with Crippen LogP contribution in [0.4, 0.5) is 0 Å². The number of nitrogens with zero attached hydrogens (tertiary/aromatic N) is 12. The molecule has 10 aromatic heterocycles. The standard InChI is InChI=1S/C50H32N4.C47H30N4.C41H26N4/c1-4-16-33(17-5-1)42-32-43(52-50(51-42)35-18-6-2-7-19-35)34-28-30-37(31-29-34)54-45-27-15-13-25-41(45)47-46-40-24-12-14-26-44(40)53(36-20-8-3-9-21-36)48(46)38-22-10-11-23-39(38)49(47)54;1-3-15-32(16-4-1)49-40-24-12-9-21-37(40)43-44-38-22-10-13-25-41(38)50(46(44)36-20-8-7-19-35(36)45(43)49)34-29-27-31(28-30-34)47-48-39-23-11-14-26-42(39)51(47)33-17-5-2-6-18-33;1-2-12-28(13-3-1)44-35-18-8-6-16-32(35)38-39-33-17-7-9-19-36(33)45(41(39)31-15-5-4-14-30(31)40(38)44)29-23-21-27(22-24-29)34-26-43-25-11-10-20-37(43)42-34/h1-32H;1-30H;1-26H. The minimum atomic E-state index is 0.712. The van der Waals surface area contributed by atoms with Crippen LogP contribution < -0.4 is 0 Å². The van der Waals surface area contributed by atoms with Gasteiger partial charge in [-0.3, -0.25) is 4.57 Å². The van der Waals surface area contributed by atoms with E-state index in [0.717, 1.165) is 102 Å². The third kappa shape index (κ3) is 13.4. The summed E-state index contributed by atoms with van der Waals surface area (Å²) < 4.78 is 19.0. The van der Waals surface area contributed by atoms with Crippen molar-refractivity contribution in [1.29, 1.82) is 0 Å². The molecule has 0 aliphatic heterocycles. The van der Waals surface area contributed by atoms with Crippen LogP contribution >= 0.6 is 0 Å². The molecule has 10 heterocycles. The third-order valence-corrected chi connectivity index (χ3v) is 30.3. The SMILES string of the molecule is c1ccc(-c2cc(-c3ccc(-n4c5ccccc5c5c6c7ccccc7n(-c7ccccc7)c6c6ccccc6c54)cc3)nc(-c3ccccc3)n2)cc1.c1ccc(-n2c(-c3ccc(-n4c5ccccc5c5c6c7ccccc7n(-c7ccccc7)c6c6ccccc6c54)cc3)nc3ccccc32)cc1.c1ccc(-n2c3ccccc3c3c4c5ccccc5n(-c5ccc(-c6cn7ccccc7n6)cc5)c4c4ccccc4c32)cc1. The Morgan fingerprint density at radius 1 is 0.153 bits per heavy atom. The van der Waals surface area contributed by atoms with Gasteiger partial charge in [0.2, 0.25) is 0 Å². The predicted octanol–water partition coefficient (Wildman–Crippen LogP) is 35.2. The smallest absolute Gasteiger partial charge is 0.160 e. The van der Waals surface area contributed by atoms with Gasteiger partial charge >= 0.3 is 0 Å². The Bertz CT molecular complexity index is 10900. The van der Waals surface area contributed by atoms with E-state index in [0.29, 0.717) is 5.82 Å². The minimum Gasteiger partial charge on any atom is -0.309 e. The van der Waals surface area contributed by atoms with E-state index >= 15 is 0 Å². The second kappa shape index (κ2) is 34.7. The second-order valence-electron chi connectivity index (χ2n) is 38.6. The topological polar surface area (TPSA) is 90.5 Å². The molecule has 0 amide bonds. The molecule has 12 heteroatoms. The van der Waals surface area contributed by atoms with Gasteiger partial charge in [-0.1, -0.05) is 358 Å². The number of benzene rings is 22. The first-order valence-electron chi connectivity index (χ1n) is 51.1. The Balaban J connectivity index is 0.000000104. The monoisotopic (exact) mass is 1910 g/mol. The summed E-state index contributed by atoms with van der Waals surface area (Å²) in [6.45, 7) is 0. The number of rotatable bonds is 12. The number of aromatic nitrogens is 12. The molecule has 32 rings (SSSR count). The van der Waals surface area contributed by atoms with E-state index in [1.165, 1.54) is 169 Å². The van der Waals surface area contributed by atoms with E-state index in [2.05, 4.69) is 522 Å². The second-order valence-corrected chi connectivity index (χ2v) is 38.6. The maximum atomic E-state index is 5.14. The Morgan fingerprint density at radius 2 is 0.393 bits per heavy atom. The van der Waals surface area contributed by atoms with Crippen molar-refractivity contribution in [2.24, 2.45) is 0 Å². The largest absolute Gasteiger partial charge is 0.309 e. The highest BCUT2D eigenvalue weighted by Gasteiger charge is 2.31. The van der Waals surface area contributed by atoms with Crippen molar-refractivity contribution in [2.75, 3.05) is 0 Å². The number of pyridine rings is 1. The maximum absolute atomic E-state index is 5.14. The molecule has 0 aliphatic rings. The lowest BCUT2D eigenvalue weighted by molar-refractivity contribution is 1.10. The number of imidazole rings is 2. The predicted molar refractivity (Wildman–Crippen MR) is 624 cm³/mol. The summed E-state index contributed by atoms with van der Waals surface area (Å²) in [5, 5.41) is 22.6. The molecule has 150 heavy (non-hydrogen) atoms. The molecule has 32 aromatic rings. The van der Waals surface area contributed by atoms with Crippen molar-refractivity contribution in [3.8, 4) is 96.4 Å². The molecule has 0 aliphatic carbocycles. The number of hydrogen-bond acceptors (Lipinski definition) is 4. The van der Waals surface area contributed by atoms with Crippen LogP contribution in [0.5, 0.6) is 0 Å². The van der Waals surface area contributed by atoms with Gasteiger partial charge in [-0.05, 0) is 164 Å². The summed E-state index contributed by atoms with van der Waals surface area (Å²) in [5.41, 5.74) is 33.5. The quantitative estimate of drug-likeness (QED) is 0.122. The van der Waals surface area contributed by atoms with Crippen molar-refractivity contribution < 1.29 is 0 Å². The normalized spacial score (nSPS) is 11.9. The minimum absolute atomic E-state index is 0.712. The maximum Gasteiger partial charge on any atom is 0.160 e. The molecule has 0 N–H and O–H groups in total. The van der Waals surface area contributed by atoms with Crippen LogP contribution in [0.15, 0.2) is 534 Å². The molecule has 0 spiro atoms. The fourth-order valence-corrected chi connectivity index (χ4v) is 24.0. The molecule has 22 aromatic carbocycles. The molecule has 0 radical (unpaired) electrons. The summed E-state index contributed by atoms with van der Waals surface area (Å²) >= 11 is 0.